The maximum absolute atomic E-state index is 6.21. The lowest BCUT2D eigenvalue weighted by molar-refractivity contribution is 0.599. The second-order valence-corrected chi connectivity index (χ2v) is 4.31. The average molecular weight is 281 g/mol. The number of aromatic nitrogens is 3. The van der Waals surface area contributed by atoms with Crippen molar-refractivity contribution in [3.05, 3.63) is 46.5 Å². The number of rotatable bonds is 3. The van der Waals surface area contributed by atoms with Gasteiger partial charge in [-0.2, -0.15) is 5.10 Å². The molecular formula is C11H13BrN4. The SMILES string of the molecule is CCn1ncc(Br)c1C(N)c1cccnc1. The predicted octanol–water partition coefficient (Wildman–Crippen LogP) is 2.11. The van der Waals surface area contributed by atoms with Gasteiger partial charge in [-0.1, -0.05) is 6.07 Å². The van der Waals surface area contributed by atoms with Crippen LogP contribution in [0.5, 0.6) is 0 Å². The van der Waals surface area contributed by atoms with E-state index in [-0.39, 0.29) is 6.04 Å². The molecule has 1 atom stereocenters. The normalized spacial score (nSPS) is 12.7. The molecule has 0 amide bonds. The van der Waals surface area contributed by atoms with E-state index in [9.17, 15) is 0 Å². The van der Waals surface area contributed by atoms with E-state index in [1.165, 1.54) is 0 Å². The van der Waals surface area contributed by atoms with E-state index < -0.39 is 0 Å². The number of halogens is 1. The quantitative estimate of drug-likeness (QED) is 0.937. The van der Waals surface area contributed by atoms with Gasteiger partial charge in [0, 0.05) is 18.9 Å². The Morgan fingerprint density at radius 2 is 2.31 bits per heavy atom. The van der Waals surface area contributed by atoms with Crippen molar-refractivity contribution in [3.63, 3.8) is 0 Å². The summed E-state index contributed by atoms with van der Waals surface area (Å²) in [6, 6.07) is 3.65. The van der Waals surface area contributed by atoms with Crippen LogP contribution in [0.3, 0.4) is 0 Å². The van der Waals surface area contributed by atoms with Crippen LogP contribution in [0.25, 0.3) is 0 Å². The first-order chi connectivity index (χ1) is 7.74. The molecule has 0 spiro atoms. The number of pyridine rings is 1. The highest BCUT2D eigenvalue weighted by Crippen LogP contribution is 2.26. The first kappa shape index (κ1) is 11.3. The minimum atomic E-state index is -0.203. The number of hydrogen-bond acceptors (Lipinski definition) is 3. The van der Waals surface area contributed by atoms with Crippen LogP contribution in [0.15, 0.2) is 35.2 Å². The molecule has 84 valence electrons. The Morgan fingerprint density at radius 3 is 2.94 bits per heavy atom. The van der Waals surface area contributed by atoms with Gasteiger partial charge in [-0.3, -0.25) is 9.67 Å². The topological polar surface area (TPSA) is 56.7 Å². The number of nitrogens with two attached hydrogens (primary N) is 1. The van der Waals surface area contributed by atoms with Crippen LogP contribution in [0, 0.1) is 0 Å². The second kappa shape index (κ2) is 4.76. The fraction of sp³-hybridized carbons (Fsp3) is 0.273. The van der Waals surface area contributed by atoms with Gasteiger partial charge < -0.3 is 5.73 Å². The minimum absolute atomic E-state index is 0.203. The lowest BCUT2D eigenvalue weighted by Crippen LogP contribution is -2.17. The van der Waals surface area contributed by atoms with Crippen LogP contribution in [-0.2, 0) is 6.54 Å². The molecule has 0 saturated heterocycles. The van der Waals surface area contributed by atoms with Gasteiger partial charge in [-0.15, -0.1) is 0 Å². The summed E-state index contributed by atoms with van der Waals surface area (Å²) in [5, 5.41) is 4.25. The molecular weight excluding hydrogens is 268 g/mol. The summed E-state index contributed by atoms with van der Waals surface area (Å²) < 4.78 is 2.83. The molecule has 0 radical (unpaired) electrons. The molecule has 2 aromatic heterocycles. The van der Waals surface area contributed by atoms with E-state index in [0.29, 0.717) is 0 Å². The molecule has 16 heavy (non-hydrogen) atoms. The molecule has 2 heterocycles. The standard InChI is InChI=1S/C11H13BrN4/c1-2-16-11(9(12)7-15-16)10(13)8-4-3-5-14-6-8/h3-7,10H,2,13H2,1H3. The van der Waals surface area contributed by atoms with E-state index in [1.807, 2.05) is 23.7 Å². The van der Waals surface area contributed by atoms with Crippen molar-refractivity contribution < 1.29 is 0 Å². The molecule has 0 fully saturated rings. The fourth-order valence-corrected chi connectivity index (χ4v) is 2.19. The molecule has 0 aromatic carbocycles. The molecule has 2 rings (SSSR count). The average Bonchev–Trinajstić information content (AvgIpc) is 2.70. The van der Waals surface area contributed by atoms with Crippen LogP contribution < -0.4 is 5.73 Å². The molecule has 0 aliphatic heterocycles. The van der Waals surface area contributed by atoms with Crippen molar-refractivity contribution in [3.8, 4) is 0 Å². The lowest BCUT2D eigenvalue weighted by atomic mass is 10.1. The van der Waals surface area contributed by atoms with Crippen LogP contribution in [0.4, 0.5) is 0 Å². The summed E-state index contributed by atoms with van der Waals surface area (Å²) >= 11 is 3.47. The molecule has 2 N–H and O–H groups in total. The summed E-state index contributed by atoms with van der Waals surface area (Å²) in [4.78, 5) is 4.08. The lowest BCUT2D eigenvalue weighted by Gasteiger charge is -2.14. The maximum Gasteiger partial charge on any atom is 0.0749 e. The first-order valence-electron chi connectivity index (χ1n) is 5.10. The van der Waals surface area contributed by atoms with Crippen LogP contribution >= 0.6 is 15.9 Å². The van der Waals surface area contributed by atoms with Crippen molar-refractivity contribution in [2.75, 3.05) is 0 Å². The highest BCUT2D eigenvalue weighted by atomic mass is 79.9. The third kappa shape index (κ3) is 2.01. The Labute approximate surface area is 103 Å². The number of hydrogen-bond donors (Lipinski definition) is 1. The fourth-order valence-electron chi connectivity index (χ4n) is 1.65. The van der Waals surface area contributed by atoms with Crippen LogP contribution in [0.2, 0.25) is 0 Å². The first-order valence-corrected chi connectivity index (χ1v) is 5.90. The third-order valence-corrected chi connectivity index (χ3v) is 3.08. The monoisotopic (exact) mass is 280 g/mol. The summed E-state index contributed by atoms with van der Waals surface area (Å²) in [6.07, 6.45) is 5.29. The molecule has 0 bridgehead atoms. The van der Waals surface area contributed by atoms with Crippen molar-refractivity contribution >= 4 is 15.9 Å². The van der Waals surface area contributed by atoms with Crippen LogP contribution in [-0.4, -0.2) is 14.8 Å². The van der Waals surface area contributed by atoms with Gasteiger partial charge in [0.2, 0.25) is 0 Å². The van der Waals surface area contributed by atoms with Gasteiger partial charge in [0.1, 0.15) is 0 Å². The van der Waals surface area contributed by atoms with E-state index >= 15 is 0 Å². The molecule has 5 heteroatoms. The zero-order valence-electron chi connectivity index (χ0n) is 8.97. The highest BCUT2D eigenvalue weighted by Gasteiger charge is 2.17. The predicted molar refractivity (Wildman–Crippen MR) is 65.9 cm³/mol. The van der Waals surface area contributed by atoms with E-state index in [4.69, 9.17) is 5.73 Å². The van der Waals surface area contributed by atoms with Gasteiger partial charge in [0.15, 0.2) is 0 Å². The second-order valence-electron chi connectivity index (χ2n) is 3.46. The summed E-state index contributed by atoms with van der Waals surface area (Å²) in [6.45, 7) is 2.84. The van der Waals surface area contributed by atoms with Gasteiger partial charge in [0.05, 0.1) is 22.4 Å². The van der Waals surface area contributed by atoms with Gasteiger partial charge in [-0.05, 0) is 34.5 Å². The molecule has 2 aromatic rings. The third-order valence-electron chi connectivity index (χ3n) is 2.47. The Kier molecular flexibility index (Phi) is 3.36. The summed E-state index contributed by atoms with van der Waals surface area (Å²) in [5.41, 5.74) is 8.17. The van der Waals surface area contributed by atoms with E-state index in [2.05, 4.69) is 26.0 Å². The summed E-state index contributed by atoms with van der Waals surface area (Å²) in [7, 11) is 0. The zero-order valence-corrected chi connectivity index (χ0v) is 10.6. The molecule has 0 aliphatic carbocycles. The molecule has 1 unspecified atom stereocenters. The van der Waals surface area contributed by atoms with Crippen molar-refractivity contribution in [1.29, 1.82) is 0 Å². The minimum Gasteiger partial charge on any atom is -0.319 e. The highest BCUT2D eigenvalue weighted by molar-refractivity contribution is 9.10. The van der Waals surface area contributed by atoms with Gasteiger partial charge in [-0.25, -0.2) is 0 Å². The van der Waals surface area contributed by atoms with E-state index in [0.717, 1.165) is 22.3 Å². The number of aryl methyl sites for hydroxylation is 1. The molecule has 0 saturated carbocycles. The van der Waals surface area contributed by atoms with E-state index in [1.54, 1.807) is 18.6 Å². The Morgan fingerprint density at radius 1 is 1.50 bits per heavy atom. The van der Waals surface area contributed by atoms with Crippen molar-refractivity contribution in [2.45, 2.75) is 19.5 Å². The van der Waals surface area contributed by atoms with Gasteiger partial charge >= 0.3 is 0 Å². The van der Waals surface area contributed by atoms with Crippen molar-refractivity contribution in [1.82, 2.24) is 14.8 Å². The Balaban J connectivity index is 2.41. The Bertz CT molecular complexity index is 466. The zero-order chi connectivity index (χ0) is 11.5. The smallest absolute Gasteiger partial charge is 0.0749 e. The number of nitrogens with zero attached hydrogens (tertiary/aromatic N) is 3. The van der Waals surface area contributed by atoms with Crippen LogP contribution in [0.1, 0.15) is 24.2 Å². The molecule has 0 aliphatic rings. The van der Waals surface area contributed by atoms with Crippen molar-refractivity contribution in [2.24, 2.45) is 5.73 Å². The largest absolute Gasteiger partial charge is 0.319 e. The van der Waals surface area contributed by atoms with Gasteiger partial charge in [0.25, 0.3) is 0 Å². The molecule has 4 nitrogen and oxygen atoms in total. The summed E-state index contributed by atoms with van der Waals surface area (Å²) in [5.74, 6) is 0. The maximum atomic E-state index is 6.21. The Hall–Kier alpha value is -1.20.